The van der Waals surface area contributed by atoms with E-state index in [0.29, 0.717) is 6.54 Å². The fourth-order valence-corrected chi connectivity index (χ4v) is 2.65. The summed E-state index contributed by atoms with van der Waals surface area (Å²) in [6.45, 7) is 0.346. The lowest BCUT2D eigenvalue weighted by atomic mass is 10.2. The molecule has 1 heterocycles. The molecular formula is C13H15BrN2O4. The number of carbonyl (C=O) groups excluding carboxylic acids is 1. The van der Waals surface area contributed by atoms with Crippen molar-refractivity contribution < 1.29 is 19.8 Å². The Morgan fingerprint density at radius 1 is 1.45 bits per heavy atom. The van der Waals surface area contributed by atoms with E-state index in [9.17, 15) is 14.7 Å². The molecule has 0 saturated carbocycles. The Kier molecular flexibility index (Phi) is 4.61. The van der Waals surface area contributed by atoms with Crippen LogP contribution >= 0.6 is 15.9 Å². The first-order valence-corrected chi connectivity index (χ1v) is 6.96. The van der Waals surface area contributed by atoms with Crippen LogP contribution in [0.1, 0.15) is 12.0 Å². The fourth-order valence-electron chi connectivity index (χ4n) is 2.20. The van der Waals surface area contributed by atoms with Crippen molar-refractivity contribution in [2.75, 3.05) is 6.54 Å². The Labute approximate surface area is 124 Å². The first-order chi connectivity index (χ1) is 9.47. The van der Waals surface area contributed by atoms with Crippen molar-refractivity contribution in [3.63, 3.8) is 0 Å². The minimum atomic E-state index is -1.10. The molecule has 1 aromatic carbocycles. The summed E-state index contributed by atoms with van der Waals surface area (Å²) in [5.41, 5.74) is 0.902. The summed E-state index contributed by atoms with van der Waals surface area (Å²) in [6.07, 6.45) is -0.715. The fraction of sp³-hybridized carbons (Fsp3) is 0.385. The maximum atomic E-state index is 12.0. The molecule has 1 saturated heterocycles. The number of nitrogens with zero attached hydrogens (tertiary/aromatic N) is 1. The number of carbonyl (C=O) groups is 2. The van der Waals surface area contributed by atoms with E-state index in [4.69, 9.17) is 5.11 Å². The summed E-state index contributed by atoms with van der Waals surface area (Å²) >= 11 is 3.34. The number of aliphatic hydroxyl groups is 1. The highest BCUT2D eigenvalue weighted by atomic mass is 79.9. The minimum Gasteiger partial charge on any atom is -0.480 e. The third kappa shape index (κ3) is 3.49. The zero-order chi connectivity index (χ0) is 14.7. The van der Waals surface area contributed by atoms with Crippen LogP contribution in [0.4, 0.5) is 4.79 Å². The number of β-amino-alcohol motifs (C(OH)–C–C–N with tert-alkyl or cyclic N) is 1. The molecule has 6 nitrogen and oxygen atoms in total. The lowest BCUT2D eigenvalue weighted by molar-refractivity contribution is -0.141. The lowest BCUT2D eigenvalue weighted by Gasteiger charge is -2.21. The van der Waals surface area contributed by atoms with Crippen molar-refractivity contribution in [2.24, 2.45) is 0 Å². The SMILES string of the molecule is O=C(O)[C@H]1C[C@@H](O)CN1C(=O)NCc1cccc(Br)c1. The summed E-state index contributed by atoms with van der Waals surface area (Å²) in [7, 11) is 0. The summed E-state index contributed by atoms with van der Waals surface area (Å²) in [4.78, 5) is 24.2. The van der Waals surface area contributed by atoms with Crippen LogP contribution < -0.4 is 5.32 Å². The molecule has 0 bridgehead atoms. The molecule has 0 radical (unpaired) electrons. The molecule has 0 aliphatic carbocycles. The number of hydrogen-bond acceptors (Lipinski definition) is 3. The van der Waals surface area contributed by atoms with Gasteiger partial charge in [0, 0.05) is 24.0 Å². The highest BCUT2D eigenvalue weighted by Crippen LogP contribution is 2.18. The third-order valence-corrected chi connectivity index (χ3v) is 3.65. The zero-order valence-corrected chi connectivity index (χ0v) is 12.2. The minimum absolute atomic E-state index is 0.0429. The van der Waals surface area contributed by atoms with Gasteiger partial charge in [0.2, 0.25) is 0 Å². The van der Waals surface area contributed by atoms with Gasteiger partial charge in [-0.1, -0.05) is 28.1 Å². The van der Waals surface area contributed by atoms with E-state index < -0.39 is 24.1 Å². The molecule has 2 rings (SSSR count). The van der Waals surface area contributed by atoms with Gasteiger partial charge in [0.25, 0.3) is 0 Å². The highest BCUT2D eigenvalue weighted by Gasteiger charge is 2.38. The van der Waals surface area contributed by atoms with Crippen molar-refractivity contribution in [1.29, 1.82) is 0 Å². The van der Waals surface area contributed by atoms with E-state index in [1.54, 1.807) is 0 Å². The number of aliphatic hydroxyl groups excluding tert-OH is 1. The standard InChI is InChI=1S/C13H15BrN2O4/c14-9-3-1-2-8(4-9)6-15-13(20)16-7-10(17)5-11(16)12(18)19/h1-4,10-11,17H,5-7H2,(H,15,20)(H,18,19)/t10-,11-/m1/s1. The van der Waals surface area contributed by atoms with Gasteiger partial charge in [0.1, 0.15) is 6.04 Å². The first kappa shape index (κ1) is 14.8. The molecule has 1 aliphatic heterocycles. The van der Waals surface area contributed by atoms with Gasteiger partial charge < -0.3 is 20.4 Å². The molecule has 3 N–H and O–H groups in total. The predicted molar refractivity (Wildman–Crippen MR) is 75.1 cm³/mol. The molecule has 1 aliphatic rings. The van der Waals surface area contributed by atoms with Gasteiger partial charge in [-0.05, 0) is 17.7 Å². The van der Waals surface area contributed by atoms with Gasteiger partial charge in [0.05, 0.1) is 6.10 Å². The van der Waals surface area contributed by atoms with E-state index in [1.807, 2.05) is 24.3 Å². The molecule has 0 unspecified atom stereocenters. The molecular weight excluding hydrogens is 328 g/mol. The molecule has 7 heteroatoms. The highest BCUT2D eigenvalue weighted by molar-refractivity contribution is 9.10. The smallest absolute Gasteiger partial charge is 0.326 e. The van der Waals surface area contributed by atoms with Crippen LogP contribution in [0.3, 0.4) is 0 Å². The number of rotatable bonds is 3. The van der Waals surface area contributed by atoms with Crippen LogP contribution in [-0.2, 0) is 11.3 Å². The second-order valence-corrected chi connectivity index (χ2v) is 5.60. The monoisotopic (exact) mass is 342 g/mol. The lowest BCUT2D eigenvalue weighted by Crippen LogP contribution is -2.45. The normalized spacial score (nSPS) is 21.8. The van der Waals surface area contributed by atoms with Crippen LogP contribution in [0.15, 0.2) is 28.7 Å². The molecule has 2 amide bonds. The number of carboxylic acids is 1. The Bertz CT molecular complexity index is 523. The molecule has 0 spiro atoms. The van der Waals surface area contributed by atoms with Crippen molar-refractivity contribution in [3.8, 4) is 0 Å². The van der Waals surface area contributed by atoms with Crippen LogP contribution in [-0.4, -0.2) is 45.8 Å². The predicted octanol–water partition coefficient (Wildman–Crippen LogP) is 1.18. The average molecular weight is 343 g/mol. The number of hydrogen-bond donors (Lipinski definition) is 3. The number of carboxylic acid groups (broad SMARTS) is 1. The Balaban J connectivity index is 1.96. The van der Waals surface area contributed by atoms with Crippen LogP contribution in [0, 0.1) is 0 Å². The molecule has 1 aromatic rings. The van der Waals surface area contributed by atoms with Gasteiger partial charge in [0.15, 0.2) is 0 Å². The van der Waals surface area contributed by atoms with Gasteiger partial charge in [-0.2, -0.15) is 0 Å². The quantitative estimate of drug-likeness (QED) is 0.769. The molecule has 1 fully saturated rings. The van der Waals surface area contributed by atoms with Crippen molar-refractivity contribution in [2.45, 2.75) is 25.1 Å². The van der Waals surface area contributed by atoms with Crippen LogP contribution in [0.5, 0.6) is 0 Å². The number of halogens is 1. The summed E-state index contributed by atoms with van der Waals surface area (Å²) in [5.74, 6) is -1.10. The Hall–Kier alpha value is -1.60. The molecule has 108 valence electrons. The second kappa shape index (κ2) is 6.23. The van der Waals surface area contributed by atoms with Gasteiger partial charge in [-0.3, -0.25) is 0 Å². The van der Waals surface area contributed by atoms with Crippen molar-refractivity contribution in [3.05, 3.63) is 34.3 Å². The molecule has 20 heavy (non-hydrogen) atoms. The summed E-state index contributed by atoms with van der Waals surface area (Å²) < 4.78 is 0.907. The summed E-state index contributed by atoms with van der Waals surface area (Å²) in [6, 6.07) is 6.02. The van der Waals surface area contributed by atoms with Gasteiger partial charge >= 0.3 is 12.0 Å². The van der Waals surface area contributed by atoms with E-state index in [-0.39, 0.29) is 13.0 Å². The Morgan fingerprint density at radius 2 is 2.20 bits per heavy atom. The molecule has 0 aromatic heterocycles. The third-order valence-electron chi connectivity index (χ3n) is 3.16. The van der Waals surface area contributed by atoms with Crippen molar-refractivity contribution >= 4 is 27.9 Å². The largest absolute Gasteiger partial charge is 0.480 e. The molecule has 2 atom stereocenters. The average Bonchev–Trinajstić information content (AvgIpc) is 2.78. The number of nitrogens with one attached hydrogen (secondary N) is 1. The van der Waals surface area contributed by atoms with E-state index in [2.05, 4.69) is 21.2 Å². The summed E-state index contributed by atoms with van der Waals surface area (Å²) in [5, 5.41) is 21.2. The van der Waals surface area contributed by atoms with E-state index in [1.165, 1.54) is 0 Å². The number of urea groups is 1. The van der Waals surface area contributed by atoms with Crippen molar-refractivity contribution in [1.82, 2.24) is 10.2 Å². The first-order valence-electron chi connectivity index (χ1n) is 6.17. The maximum Gasteiger partial charge on any atom is 0.326 e. The second-order valence-electron chi connectivity index (χ2n) is 4.68. The number of amides is 2. The topological polar surface area (TPSA) is 89.9 Å². The zero-order valence-electron chi connectivity index (χ0n) is 10.6. The number of aliphatic carboxylic acids is 1. The van der Waals surface area contributed by atoms with E-state index >= 15 is 0 Å². The number of likely N-dealkylation sites (tertiary alicyclic amines) is 1. The van der Waals surface area contributed by atoms with Crippen LogP contribution in [0.2, 0.25) is 0 Å². The number of benzene rings is 1. The Morgan fingerprint density at radius 3 is 2.85 bits per heavy atom. The van der Waals surface area contributed by atoms with Gasteiger partial charge in [-0.25, -0.2) is 9.59 Å². The maximum absolute atomic E-state index is 12.0. The van der Waals surface area contributed by atoms with Gasteiger partial charge in [-0.15, -0.1) is 0 Å². The van der Waals surface area contributed by atoms with E-state index in [0.717, 1.165) is 14.9 Å². The van der Waals surface area contributed by atoms with Crippen LogP contribution in [0.25, 0.3) is 0 Å².